The summed E-state index contributed by atoms with van der Waals surface area (Å²) in [5, 5.41) is 9.36. The van der Waals surface area contributed by atoms with E-state index in [4.69, 9.17) is 5.73 Å². The Balaban J connectivity index is 1.69. The third kappa shape index (κ3) is 4.22. The Morgan fingerprint density at radius 1 is 1.18 bits per heavy atom. The number of hydrogen-bond acceptors (Lipinski definition) is 7. The average molecular weight is 446 g/mol. The van der Waals surface area contributed by atoms with E-state index in [2.05, 4.69) is 70.9 Å². The number of hydrogen-bond donors (Lipinski definition) is 1. The van der Waals surface area contributed by atoms with Gasteiger partial charge in [-0.2, -0.15) is 10.2 Å². The van der Waals surface area contributed by atoms with E-state index in [0.717, 1.165) is 25.1 Å². The molecule has 8 heteroatoms. The number of benzene rings is 1. The van der Waals surface area contributed by atoms with Gasteiger partial charge >= 0.3 is 5.69 Å². The van der Waals surface area contributed by atoms with Crippen LogP contribution in [0, 0.1) is 11.3 Å². The molecule has 33 heavy (non-hydrogen) atoms. The minimum absolute atomic E-state index is 0.119. The van der Waals surface area contributed by atoms with Crippen LogP contribution in [0.15, 0.2) is 41.2 Å². The number of piperazine rings is 1. The molecule has 1 aromatic carbocycles. The van der Waals surface area contributed by atoms with E-state index in [-0.39, 0.29) is 23.8 Å². The lowest BCUT2D eigenvalue weighted by Gasteiger charge is -2.48. The molecule has 1 aliphatic rings. The van der Waals surface area contributed by atoms with Gasteiger partial charge < -0.3 is 10.6 Å². The highest BCUT2D eigenvalue weighted by Crippen LogP contribution is 2.32. The van der Waals surface area contributed by atoms with Gasteiger partial charge in [-0.1, -0.05) is 31.2 Å². The van der Waals surface area contributed by atoms with E-state index < -0.39 is 0 Å². The van der Waals surface area contributed by atoms with Crippen LogP contribution in [0.1, 0.15) is 50.1 Å². The van der Waals surface area contributed by atoms with Gasteiger partial charge in [-0.25, -0.2) is 9.78 Å². The van der Waals surface area contributed by atoms with Crippen LogP contribution in [0.3, 0.4) is 0 Å². The van der Waals surface area contributed by atoms with Crippen molar-refractivity contribution >= 4 is 16.9 Å². The number of pyridine rings is 1. The minimum atomic E-state index is -0.319. The zero-order valence-corrected chi connectivity index (χ0v) is 19.7. The second kappa shape index (κ2) is 9.30. The second-order valence-electron chi connectivity index (χ2n) is 8.83. The molecule has 1 aliphatic heterocycles. The number of nitrogens with two attached hydrogens (primary N) is 1. The topological polar surface area (TPSA) is 104 Å². The summed E-state index contributed by atoms with van der Waals surface area (Å²) in [6.45, 7) is 8.70. The summed E-state index contributed by atoms with van der Waals surface area (Å²) in [6.07, 6.45) is 0.966. The van der Waals surface area contributed by atoms with Crippen molar-refractivity contribution in [2.24, 2.45) is 12.8 Å². The zero-order valence-electron chi connectivity index (χ0n) is 19.7. The monoisotopic (exact) mass is 445 g/mol. The first kappa shape index (κ1) is 22.9. The fourth-order valence-electron chi connectivity index (χ4n) is 4.79. The Bertz CT molecular complexity index is 1240. The standard InChI is InChI=1S/C25H31N7O/c1-5-21-15-31(16(2)14-32(21)17(3)19-8-6-18(12-26)7-9-19)24-23-22(30(4)25(33)29-24)11-10-20(13-27)28-23/h6-11,16-17,21H,5,12,14-15,26H2,1-4H3/t16-,17?,21+/m0/s1. The van der Waals surface area contributed by atoms with Crippen LogP contribution in [-0.4, -0.2) is 44.6 Å². The van der Waals surface area contributed by atoms with Crippen LogP contribution in [0.4, 0.5) is 5.82 Å². The Kier molecular flexibility index (Phi) is 6.45. The molecule has 1 unspecified atom stereocenters. The molecule has 1 saturated heterocycles. The van der Waals surface area contributed by atoms with Crippen LogP contribution in [0.2, 0.25) is 0 Å². The molecule has 8 nitrogen and oxygen atoms in total. The SMILES string of the molecule is CC[C@@H]1CN(c2nc(=O)n(C)c3ccc(C#N)nc23)[C@@H](C)CN1C(C)c1ccc(CN)cc1. The first-order chi connectivity index (χ1) is 15.9. The molecule has 0 bridgehead atoms. The number of nitrogens with zero attached hydrogens (tertiary/aromatic N) is 6. The molecule has 3 aromatic rings. The fourth-order valence-corrected chi connectivity index (χ4v) is 4.79. The predicted octanol–water partition coefficient (Wildman–Crippen LogP) is 2.71. The van der Waals surface area contributed by atoms with Crippen LogP contribution < -0.4 is 16.3 Å². The van der Waals surface area contributed by atoms with Crippen LogP contribution in [0.25, 0.3) is 11.0 Å². The van der Waals surface area contributed by atoms with E-state index in [0.29, 0.717) is 29.1 Å². The van der Waals surface area contributed by atoms with Crippen molar-refractivity contribution in [2.75, 3.05) is 18.0 Å². The molecule has 172 valence electrons. The zero-order chi connectivity index (χ0) is 23.7. The summed E-state index contributed by atoms with van der Waals surface area (Å²) in [6, 6.07) is 14.7. The quantitative estimate of drug-likeness (QED) is 0.644. The van der Waals surface area contributed by atoms with Gasteiger partial charge in [0.05, 0.1) is 5.52 Å². The van der Waals surface area contributed by atoms with Crippen LogP contribution in [-0.2, 0) is 13.6 Å². The Morgan fingerprint density at radius 2 is 1.91 bits per heavy atom. The maximum atomic E-state index is 12.6. The molecule has 0 spiro atoms. The van der Waals surface area contributed by atoms with Crippen molar-refractivity contribution < 1.29 is 0 Å². The number of aromatic nitrogens is 3. The van der Waals surface area contributed by atoms with E-state index in [1.807, 2.05) is 0 Å². The third-order valence-corrected chi connectivity index (χ3v) is 6.87. The molecular weight excluding hydrogens is 414 g/mol. The average Bonchev–Trinajstić information content (AvgIpc) is 2.85. The van der Waals surface area contributed by atoms with Gasteiger partial charge in [0, 0.05) is 44.8 Å². The van der Waals surface area contributed by atoms with Gasteiger partial charge in [0.15, 0.2) is 5.82 Å². The lowest BCUT2D eigenvalue weighted by Crippen LogP contribution is -2.58. The number of rotatable bonds is 5. The highest BCUT2D eigenvalue weighted by molar-refractivity contribution is 5.86. The van der Waals surface area contributed by atoms with Gasteiger partial charge in [-0.05, 0) is 43.5 Å². The first-order valence-corrected chi connectivity index (χ1v) is 11.5. The molecule has 0 amide bonds. The van der Waals surface area contributed by atoms with Crippen molar-refractivity contribution in [3.05, 3.63) is 63.7 Å². The number of nitriles is 1. The smallest absolute Gasteiger partial charge is 0.349 e. The van der Waals surface area contributed by atoms with E-state index in [1.54, 1.807) is 19.2 Å². The Labute approximate surface area is 194 Å². The molecule has 2 aromatic heterocycles. The number of anilines is 1. The van der Waals surface area contributed by atoms with Gasteiger partial charge in [0.2, 0.25) is 0 Å². The summed E-state index contributed by atoms with van der Waals surface area (Å²) >= 11 is 0. The molecule has 1 fully saturated rings. The van der Waals surface area contributed by atoms with E-state index in [9.17, 15) is 10.1 Å². The molecule has 0 saturated carbocycles. The highest BCUT2D eigenvalue weighted by Gasteiger charge is 2.35. The van der Waals surface area contributed by atoms with Crippen molar-refractivity contribution in [3.8, 4) is 6.07 Å². The molecule has 3 atom stereocenters. The van der Waals surface area contributed by atoms with Gasteiger partial charge in [0.1, 0.15) is 17.3 Å². The van der Waals surface area contributed by atoms with Crippen molar-refractivity contribution in [1.29, 1.82) is 5.26 Å². The van der Waals surface area contributed by atoms with Crippen LogP contribution in [0.5, 0.6) is 0 Å². The first-order valence-electron chi connectivity index (χ1n) is 11.5. The normalized spacial score (nSPS) is 20.1. The summed E-state index contributed by atoms with van der Waals surface area (Å²) < 4.78 is 1.48. The van der Waals surface area contributed by atoms with Gasteiger partial charge in [-0.3, -0.25) is 9.47 Å². The van der Waals surface area contributed by atoms with Gasteiger partial charge in [-0.15, -0.1) is 0 Å². The van der Waals surface area contributed by atoms with E-state index in [1.165, 1.54) is 10.1 Å². The predicted molar refractivity (Wildman–Crippen MR) is 130 cm³/mol. The van der Waals surface area contributed by atoms with Crippen molar-refractivity contribution in [2.45, 2.75) is 51.9 Å². The molecule has 4 rings (SSSR count). The molecular formula is C25H31N7O. The molecule has 0 aliphatic carbocycles. The second-order valence-corrected chi connectivity index (χ2v) is 8.83. The summed E-state index contributed by atoms with van der Waals surface area (Å²) in [5.74, 6) is 0.566. The van der Waals surface area contributed by atoms with Crippen molar-refractivity contribution in [3.63, 3.8) is 0 Å². The van der Waals surface area contributed by atoms with Crippen molar-refractivity contribution in [1.82, 2.24) is 19.4 Å². The largest absolute Gasteiger partial charge is 0.349 e. The molecule has 2 N–H and O–H groups in total. The summed E-state index contributed by atoms with van der Waals surface area (Å²) in [5.41, 5.74) is 9.43. The maximum absolute atomic E-state index is 12.6. The van der Waals surface area contributed by atoms with E-state index >= 15 is 0 Å². The summed E-state index contributed by atoms with van der Waals surface area (Å²) in [4.78, 5) is 26.3. The third-order valence-electron chi connectivity index (χ3n) is 6.87. The Hall–Kier alpha value is -3.28. The molecule has 3 heterocycles. The Morgan fingerprint density at radius 3 is 2.55 bits per heavy atom. The summed E-state index contributed by atoms with van der Waals surface area (Å²) in [7, 11) is 1.68. The fraction of sp³-hybridized carbons (Fsp3) is 0.440. The minimum Gasteiger partial charge on any atom is -0.349 e. The maximum Gasteiger partial charge on any atom is 0.349 e. The van der Waals surface area contributed by atoms with Gasteiger partial charge in [0.25, 0.3) is 0 Å². The molecule has 0 radical (unpaired) electrons. The number of aryl methyl sites for hydroxylation is 1. The number of fused-ring (bicyclic) bond motifs is 1. The highest BCUT2D eigenvalue weighted by atomic mass is 16.1. The lowest BCUT2D eigenvalue weighted by molar-refractivity contribution is 0.106. The van der Waals surface area contributed by atoms with Crippen LogP contribution >= 0.6 is 0 Å². The lowest BCUT2D eigenvalue weighted by atomic mass is 9.98.